The molecule has 2 atom stereocenters. The molecule has 5 nitrogen and oxygen atoms in total. The van der Waals surface area contributed by atoms with Crippen LogP contribution in [0.2, 0.25) is 0 Å². The second-order valence-electron chi connectivity index (χ2n) is 5.52. The van der Waals surface area contributed by atoms with Crippen molar-refractivity contribution >= 4 is 12.0 Å². The molecule has 1 saturated heterocycles. The molecule has 114 valence electrons. The van der Waals surface area contributed by atoms with Crippen LogP contribution < -0.4 is 0 Å². The van der Waals surface area contributed by atoms with Crippen LogP contribution in [0.1, 0.15) is 25.8 Å². The first kappa shape index (κ1) is 15.4. The van der Waals surface area contributed by atoms with Crippen molar-refractivity contribution in [3.05, 3.63) is 35.9 Å². The standard InChI is InChI=1S/C16H22N2O3/c1-3-17(11-13-7-5-4-6-8-13)16(21)18-10-9-12(2)14(18)15(19)20/h4-8,12,14H,3,9-11H2,1-2H3,(H,19,20). The number of carbonyl (C=O) groups is 2. The van der Waals surface area contributed by atoms with Crippen molar-refractivity contribution in [2.24, 2.45) is 5.92 Å². The summed E-state index contributed by atoms with van der Waals surface area (Å²) in [5.41, 5.74) is 1.05. The van der Waals surface area contributed by atoms with Crippen LogP contribution in [-0.2, 0) is 11.3 Å². The third-order valence-corrected chi connectivity index (χ3v) is 4.07. The molecule has 2 unspecified atom stereocenters. The summed E-state index contributed by atoms with van der Waals surface area (Å²) in [5, 5.41) is 9.33. The Morgan fingerprint density at radius 3 is 2.57 bits per heavy atom. The molecule has 1 aromatic carbocycles. The highest BCUT2D eigenvalue weighted by molar-refractivity contribution is 5.83. The molecule has 1 aliphatic heterocycles. The minimum Gasteiger partial charge on any atom is -0.480 e. The third kappa shape index (κ3) is 3.35. The lowest BCUT2D eigenvalue weighted by Gasteiger charge is -2.30. The van der Waals surface area contributed by atoms with E-state index in [1.54, 1.807) is 4.90 Å². The summed E-state index contributed by atoms with van der Waals surface area (Å²) >= 11 is 0. The summed E-state index contributed by atoms with van der Waals surface area (Å²) in [6, 6.07) is 8.86. The van der Waals surface area contributed by atoms with E-state index in [1.165, 1.54) is 4.90 Å². The molecule has 2 rings (SSSR count). The molecule has 0 aromatic heterocycles. The van der Waals surface area contributed by atoms with Crippen LogP contribution in [0.15, 0.2) is 30.3 Å². The highest BCUT2D eigenvalue weighted by Crippen LogP contribution is 2.25. The molecular weight excluding hydrogens is 268 g/mol. The summed E-state index contributed by atoms with van der Waals surface area (Å²) in [7, 11) is 0. The van der Waals surface area contributed by atoms with Crippen LogP contribution in [0.3, 0.4) is 0 Å². The molecule has 0 spiro atoms. The van der Waals surface area contributed by atoms with E-state index in [-0.39, 0.29) is 11.9 Å². The van der Waals surface area contributed by atoms with E-state index in [1.807, 2.05) is 44.2 Å². The number of hydrogen-bond acceptors (Lipinski definition) is 2. The number of amides is 2. The maximum atomic E-state index is 12.6. The second-order valence-corrected chi connectivity index (χ2v) is 5.52. The number of carboxylic acids is 1. The molecule has 2 amide bonds. The van der Waals surface area contributed by atoms with Gasteiger partial charge in [0.2, 0.25) is 0 Å². The molecule has 0 radical (unpaired) electrons. The fourth-order valence-electron chi connectivity index (χ4n) is 2.84. The van der Waals surface area contributed by atoms with E-state index in [2.05, 4.69) is 0 Å². The van der Waals surface area contributed by atoms with E-state index >= 15 is 0 Å². The van der Waals surface area contributed by atoms with Crippen LogP contribution in [0.4, 0.5) is 4.79 Å². The van der Waals surface area contributed by atoms with Crippen LogP contribution in [0, 0.1) is 5.92 Å². The van der Waals surface area contributed by atoms with E-state index in [9.17, 15) is 14.7 Å². The van der Waals surface area contributed by atoms with Gasteiger partial charge in [0.05, 0.1) is 0 Å². The Labute approximate surface area is 125 Å². The fourth-order valence-corrected chi connectivity index (χ4v) is 2.84. The molecule has 1 N–H and O–H groups in total. The minimum absolute atomic E-state index is 0.00174. The van der Waals surface area contributed by atoms with Crippen molar-refractivity contribution in [3.8, 4) is 0 Å². The van der Waals surface area contributed by atoms with E-state index in [0.717, 1.165) is 12.0 Å². The molecule has 5 heteroatoms. The average Bonchev–Trinajstić information content (AvgIpc) is 2.87. The van der Waals surface area contributed by atoms with Gasteiger partial charge in [-0.15, -0.1) is 0 Å². The van der Waals surface area contributed by atoms with Gasteiger partial charge in [0.1, 0.15) is 6.04 Å². The van der Waals surface area contributed by atoms with Gasteiger partial charge in [-0.25, -0.2) is 9.59 Å². The Morgan fingerprint density at radius 2 is 2.00 bits per heavy atom. The monoisotopic (exact) mass is 290 g/mol. The summed E-state index contributed by atoms with van der Waals surface area (Å²) in [5.74, 6) is -0.911. The molecule has 1 aromatic rings. The quantitative estimate of drug-likeness (QED) is 0.926. The third-order valence-electron chi connectivity index (χ3n) is 4.07. The van der Waals surface area contributed by atoms with Crippen LogP contribution >= 0.6 is 0 Å². The Kier molecular flexibility index (Phi) is 4.83. The topological polar surface area (TPSA) is 60.9 Å². The highest BCUT2D eigenvalue weighted by Gasteiger charge is 2.40. The summed E-state index contributed by atoms with van der Waals surface area (Å²) < 4.78 is 0. The maximum Gasteiger partial charge on any atom is 0.326 e. The first-order valence-electron chi connectivity index (χ1n) is 7.36. The van der Waals surface area contributed by atoms with Gasteiger partial charge in [-0.05, 0) is 24.8 Å². The fraction of sp³-hybridized carbons (Fsp3) is 0.500. The zero-order valence-corrected chi connectivity index (χ0v) is 12.5. The van der Waals surface area contributed by atoms with Crippen molar-refractivity contribution in [1.29, 1.82) is 0 Å². The zero-order valence-electron chi connectivity index (χ0n) is 12.5. The van der Waals surface area contributed by atoms with E-state index in [4.69, 9.17) is 0 Å². The Morgan fingerprint density at radius 1 is 1.33 bits per heavy atom. The Bertz CT molecular complexity index is 504. The number of likely N-dealkylation sites (tertiary alicyclic amines) is 1. The number of urea groups is 1. The minimum atomic E-state index is -0.913. The second kappa shape index (κ2) is 6.61. The number of carboxylic acid groups (broad SMARTS) is 1. The first-order valence-corrected chi connectivity index (χ1v) is 7.36. The Hall–Kier alpha value is -2.04. The summed E-state index contributed by atoms with van der Waals surface area (Å²) in [4.78, 5) is 27.2. The molecule has 1 aliphatic rings. The molecule has 0 saturated carbocycles. The number of carbonyl (C=O) groups excluding carboxylic acids is 1. The van der Waals surface area contributed by atoms with Gasteiger partial charge in [-0.1, -0.05) is 37.3 Å². The average molecular weight is 290 g/mol. The SMILES string of the molecule is CCN(Cc1ccccc1)C(=O)N1CCC(C)C1C(=O)O. The van der Waals surface area contributed by atoms with Crippen LogP contribution in [0.5, 0.6) is 0 Å². The number of aliphatic carboxylic acids is 1. The van der Waals surface area contributed by atoms with Crippen molar-refractivity contribution in [2.45, 2.75) is 32.9 Å². The van der Waals surface area contributed by atoms with Crippen molar-refractivity contribution < 1.29 is 14.7 Å². The van der Waals surface area contributed by atoms with Crippen LogP contribution in [-0.4, -0.2) is 46.0 Å². The number of rotatable bonds is 4. The lowest BCUT2D eigenvalue weighted by atomic mass is 10.0. The van der Waals surface area contributed by atoms with Gasteiger partial charge in [-0.2, -0.15) is 0 Å². The smallest absolute Gasteiger partial charge is 0.326 e. The van der Waals surface area contributed by atoms with Gasteiger partial charge in [0.15, 0.2) is 0 Å². The van der Waals surface area contributed by atoms with Gasteiger partial charge < -0.3 is 14.9 Å². The van der Waals surface area contributed by atoms with E-state index < -0.39 is 12.0 Å². The van der Waals surface area contributed by atoms with E-state index in [0.29, 0.717) is 19.6 Å². The maximum absolute atomic E-state index is 12.6. The largest absolute Gasteiger partial charge is 0.480 e. The predicted octanol–water partition coefficient (Wildman–Crippen LogP) is 2.42. The van der Waals surface area contributed by atoms with Crippen molar-refractivity contribution in [3.63, 3.8) is 0 Å². The Balaban J connectivity index is 2.11. The summed E-state index contributed by atoms with van der Waals surface area (Å²) in [6.45, 7) is 5.39. The van der Waals surface area contributed by atoms with Crippen LogP contribution in [0.25, 0.3) is 0 Å². The lowest BCUT2D eigenvalue weighted by Crippen LogP contribution is -2.49. The molecule has 21 heavy (non-hydrogen) atoms. The number of hydrogen-bond donors (Lipinski definition) is 1. The molecule has 0 aliphatic carbocycles. The summed E-state index contributed by atoms with van der Waals surface area (Å²) in [6.07, 6.45) is 0.742. The predicted molar refractivity (Wildman–Crippen MR) is 79.8 cm³/mol. The van der Waals surface area contributed by atoms with Crippen molar-refractivity contribution in [2.75, 3.05) is 13.1 Å². The number of benzene rings is 1. The molecular formula is C16H22N2O3. The molecule has 1 heterocycles. The van der Waals surface area contributed by atoms with Gasteiger partial charge >= 0.3 is 12.0 Å². The highest BCUT2D eigenvalue weighted by atomic mass is 16.4. The van der Waals surface area contributed by atoms with Gasteiger partial charge in [0.25, 0.3) is 0 Å². The molecule has 1 fully saturated rings. The van der Waals surface area contributed by atoms with Crippen molar-refractivity contribution in [1.82, 2.24) is 9.80 Å². The number of nitrogens with zero attached hydrogens (tertiary/aromatic N) is 2. The zero-order chi connectivity index (χ0) is 15.4. The first-order chi connectivity index (χ1) is 10.0. The normalized spacial score (nSPS) is 21.3. The molecule has 0 bridgehead atoms. The lowest BCUT2D eigenvalue weighted by molar-refractivity contribution is -0.142. The van der Waals surface area contributed by atoms with Gasteiger partial charge in [0, 0.05) is 19.6 Å². The van der Waals surface area contributed by atoms with Gasteiger partial charge in [-0.3, -0.25) is 0 Å².